The summed E-state index contributed by atoms with van der Waals surface area (Å²) in [6, 6.07) is 7.74. The van der Waals surface area contributed by atoms with Crippen molar-refractivity contribution >= 4 is 22.3 Å². The first kappa shape index (κ1) is 14.3. The standard InChI is InChI=1S/C17H16N2O3S/c1-22-11-5-2-4-10(8-11)13-9-19-15-12(16(20)21)6-3-7-14(15)23-17(19)18-13/h2,4-5,8-9,12H,3,6-7H2,1H3,(H,20,21). The highest BCUT2D eigenvalue weighted by Gasteiger charge is 2.31. The minimum Gasteiger partial charge on any atom is -0.497 e. The minimum absolute atomic E-state index is 0.431. The largest absolute Gasteiger partial charge is 0.497 e. The molecular formula is C17H16N2O3S. The lowest BCUT2D eigenvalue weighted by Gasteiger charge is -2.18. The van der Waals surface area contributed by atoms with E-state index >= 15 is 0 Å². The molecule has 2 aromatic heterocycles. The topological polar surface area (TPSA) is 63.8 Å². The SMILES string of the molecule is COc1cccc(-c2cn3c4c(sc3n2)CCCC4C(=O)O)c1. The molecule has 118 valence electrons. The summed E-state index contributed by atoms with van der Waals surface area (Å²) in [6.07, 6.45) is 4.51. The summed E-state index contributed by atoms with van der Waals surface area (Å²) in [4.78, 5) is 18.3. The molecule has 23 heavy (non-hydrogen) atoms. The molecule has 1 unspecified atom stereocenters. The Morgan fingerprint density at radius 3 is 3.13 bits per heavy atom. The Morgan fingerprint density at radius 2 is 2.35 bits per heavy atom. The van der Waals surface area contributed by atoms with Gasteiger partial charge in [-0.15, -0.1) is 11.3 Å². The van der Waals surface area contributed by atoms with E-state index in [1.54, 1.807) is 18.4 Å². The Labute approximate surface area is 137 Å². The molecule has 1 aromatic carbocycles. The number of rotatable bonds is 3. The monoisotopic (exact) mass is 328 g/mol. The summed E-state index contributed by atoms with van der Waals surface area (Å²) < 4.78 is 7.23. The van der Waals surface area contributed by atoms with Crippen LogP contribution in [0.15, 0.2) is 30.5 Å². The number of thiazole rings is 1. The lowest BCUT2D eigenvalue weighted by Crippen LogP contribution is -2.18. The van der Waals surface area contributed by atoms with E-state index in [0.29, 0.717) is 6.42 Å². The third-order valence-corrected chi connectivity index (χ3v) is 5.45. The Bertz CT molecular complexity index is 897. The van der Waals surface area contributed by atoms with Crippen LogP contribution in [-0.4, -0.2) is 27.6 Å². The van der Waals surface area contributed by atoms with E-state index in [4.69, 9.17) is 9.72 Å². The molecule has 1 aliphatic carbocycles. The number of ether oxygens (including phenoxy) is 1. The molecule has 0 amide bonds. The van der Waals surface area contributed by atoms with Gasteiger partial charge in [-0.05, 0) is 31.4 Å². The van der Waals surface area contributed by atoms with Gasteiger partial charge in [0, 0.05) is 16.6 Å². The number of benzene rings is 1. The van der Waals surface area contributed by atoms with Crippen molar-refractivity contribution in [3.8, 4) is 17.0 Å². The van der Waals surface area contributed by atoms with E-state index < -0.39 is 11.9 Å². The Morgan fingerprint density at radius 1 is 1.48 bits per heavy atom. The van der Waals surface area contributed by atoms with Crippen molar-refractivity contribution in [3.05, 3.63) is 41.0 Å². The maximum atomic E-state index is 11.6. The number of carboxylic acid groups (broad SMARTS) is 1. The van der Waals surface area contributed by atoms with Crippen molar-refractivity contribution in [1.29, 1.82) is 0 Å². The number of fused-ring (bicyclic) bond motifs is 3. The van der Waals surface area contributed by atoms with Crippen molar-refractivity contribution in [2.75, 3.05) is 7.11 Å². The van der Waals surface area contributed by atoms with Crippen LogP contribution in [0.25, 0.3) is 16.2 Å². The number of methoxy groups -OCH3 is 1. The van der Waals surface area contributed by atoms with Gasteiger partial charge in [-0.25, -0.2) is 4.98 Å². The number of aromatic nitrogens is 2. The Kier molecular flexibility index (Phi) is 3.34. The van der Waals surface area contributed by atoms with Gasteiger partial charge in [-0.1, -0.05) is 12.1 Å². The Balaban J connectivity index is 1.84. The number of imidazole rings is 1. The van der Waals surface area contributed by atoms with Gasteiger partial charge < -0.3 is 9.84 Å². The van der Waals surface area contributed by atoms with Gasteiger partial charge in [0.05, 0.1) is 24.4 Å². The number of nitrogens with zero attached hydrogens (tertiary/aromatic N) is 2. The molecule has 0 radical (unpaired) electrons. The maximum Gasteiger partial charge on any atom is 0.312 e. The zero-order valence-electron chi connectivity index (χ0n) is 12.7. The molecular weight excluding hydrogens is 312 g/mol. The molecule has 0 bridgehead atoms. The fourth-order valence-corrected chi connectivity index (χ4v) is 4.42. The second-order valence-electron chi connectivity index (χ2n) is 5.70. The number of carbonyl (C=O) groups is 1. The number of hydrogen-bond donors (Lipinski definition) is 1. The third kappa shape index (κ3) is 2.30. The fraction of sp³-hybridized carbons (Fsp3) is 0.294. The normalized spacial score (nSPS) is 17.2. The summed E-state index contributed by atoms with van der Waals surface area (Å²) in [5.41, 5.74) is 2.72. The second-order valence-corrected chi connectivity index (χ2v) is 6.77. The van der Waals surface area contributed by atoms with Crippen LogP contribution in [0, 0.1) is 0 Å². The molecule has 1 atom stereocenters. The van der Waals surface area contributed by atoms with Crippen molar-refractivity contribution in [2.24, 2.45) is 0 Å². The van der Waals surface area contributed by atoms with Crippen molar-refractivity contribution in [2.45, 2.75) is 25.2 Å². The summed E-state index contributed by atoms with van der Waals surface area (Å²) in [5.74, 6) is -0.397. The summed E-state index contributed by atoms with van der Waals surface area (Å²) >= 11 is 1.60. The zero-order chi connectivity index (χ0) is 16.0. The number of aryl methyl sites for hydroxylation is 1. The van der Waals surface area contributed by atoms with Crippen LogP contribution in [-0.2, 0) is 11.2 Å². The zero-order valence-corrected chi connectivity index (χ0v) is 13.5. The average molecular weight is 328 g/mol. The molecule has 5 nitrogen and oxygen atoms in total. The van der Waals surface area contributed by atoms with Gasteiger partial charge in [-0.2, -0.15) is 0 Å². The van der Waals surface area contributed by atoms with Crippen molar-refractivity contribution < 1.29 is 14.6 Å². The van der Waals surface area contributed by atoms with Crippen LogP contribution < -0.4 is 4.74 Å². The van der Waals surface area contributed by atoms with E-state index in [-0.39, 0.29) is 0 Å². The quantitative estimate of drug-likeness (QED) is 0.798. The highest BCUT2D eigenvalue weighted by Crippen LogP contribution is 2.38. The number of carboxylic acids is 1. The third-order valence-electron chi connectivity index (χ3n) is 4.32. The molecule has 1 aliphatic rings. The van der Waals surface area contributed by atoms with Crippen LogP contribution >= 0.6 is 11.3 Å². The minimum atomic E-state index is -0.748. The van der Waals surface area contributed by atoms with Crippen LogP contribution in [0.5, 0.6) is 5.75 Å². The molecule has 0 fully saturated rings. The first-order valence-electron chi connectivity index (χ1n) is 7.55. The molecule has 2 heterocycles. The Hall–Kier alpha value is -2.34. The molecule has 6 heteroatoms. The van der Waals surface area contributed by atoms with E-state index in [2.05, 4.69) is 0 Å². The highest BCUT2D eigenvalue weighted by atomic mass is 32.1. The predicted octanol–water partition coefficient (Wildman–Crippen LogP) is 3.58. The summed E-state index contributed by atoms with van der Waals surface area (Å²) in [6.45, 7) is 0. The highest BCUT2D eigenvalue weighted by molar-refractivity contribution is 7.17. The molecule has 3 aromatic rings. The van der Waals surface area contributed by atoms with Gasteiger partial charge in [-0.3, -0.25) is 9.20 Å². The number of aliphatic carboxylic acids is 1. The predicted molar refractivity (Wildman–Crippen MR) is 88.4 cm³/mol. The first-order valence-corrected chi connectivity index (χ1v) is 8.37. The van der Waals surface area contributed by atoms with Crippen LogP contribution in [0.4, 0.5) is 0 Å². The summed E-state index contributed by atoms with van der Waals surface area (Å²) in [7, 11) is 1.64. The van der Waals surface area contributed by atoms with E-state index in [1.807, 2.05) is 34.9 Å². The smallest absolute Gasteiger partial charge is 0.312 e. The van der Waals surface area contributed by atoms with Gasteiger partial charge in [0.25, 0.3) is 0 Å². The van der Waals surface area contributed by atoms with Gasteiger partial charge >= 0.3 is 5.97 Å². The van der Waals surface area contributed by atoms with Gasteiger partial charge in [0.15, 0.2) is 4.96 Å². The van der Waals surface area contributed by atoms with Crippen molar-refractivity contribution in [3.63, 3.8) is 0 Å². The van der Waals surface area contributed by atoms with Crippen molar-refractivity contribution in [1.82, 2.24) is 9.38 Å². The molecule has 0 aliphatic heterocycles. The maximum absolute atomic E-state index is 11.6. The molecule has 0 saturated heterocycles. The lowest BCUT2D eigenvalue weighted by molar-refractivity contribution is -0.139. The van der Waals surface area contributed by atoms with E-state index in [1.165, 1.54) is 0 Å². The molecule has 0 spiro atoms. The number of hydrogen-bond acceptors (Lipinski definition) is 4. The second kappa shape index (κ2) is 5.38. The molecule has 1 N–H and O–H groups in total. The van der Waals surface area contributed by atoms with Crippen LogP contribution in [0.2, 0.25) is 0 Å². The van der Waals surface area contributed by atoms with Gasteiger partial charge in [0.2, 0.25) is 0 Å². The first-order chi connectivity index (χ1) is 11.2. The molecule has 0 saturated carbocycles. The lowest BCUT2D eigenvalue weighted by atomic mass is 9.91. The van der Waals surface area contributed by atoms with Crippen LogP contribution in [0.1, 0.15) is 29.3 Å². The van der Waals surface area contributed by atoms with Crippen LogP contribution in [0.3, 0.4) is 0 Å². The summed E-state index contributed by atoms with van der Waals surface area (Å²) in [5, 5.41) is 9.51. The van der Waals surface area contributed by atoms with E-state index in [9.17, 15) is 9.90 Å². The molecule has 4 rings (SSSR count). The average Bonchev–Trinajstić information content (AvgIpc) is 3.12. The van der Waals surface area contributed by atoms with E-state index in [0.717, 1.165) is 45.4 Å². The van der Waals surface area contributed by atoms with Gasteiger partial charge in [0.1, 0.15) is 5.75 Å². The fourth-order valence-electron chi connectivity index (χ4n) is 3.21.